The molecule has 26 heavy (non-hydrogen) atoms. The molecule has 0 unspecified atom stereocenters. The lowest BCUT2D eigenvalue weighted by Crippen LogP contribution is -2.17. The van der Waals surface area contributed by atoms with Crippen LogP contribution in [0.1, 0.15) is 33.3 Å². The second-order valence-electron chi connectivity index (χ2n) is 6.00. The highest BCUT2D eigenvalue weighted by atomic mass is 16.2. The Morgan fingerprint density at radius 2 is 1.73 bits per heavy atom. The van der Waals surface area contributed by atoms with Crippen molar-refractivity contribution >= 4 is 23.2 Å². The maximum atomic E-state index is 12.6. The SMILES string of the molecule is CCc1ccccc1NC(=O)c1cccc(NC(=O)c2cccn2C)c1. The van der Waals surface area contributed by atoms with Crippen LogP contribution in [-0.2, 0) is 13.5 Å². The molecule has 0 spiro atoms. The number of amides is 2. The Bertz CT molecular complexity index is 944. The standard InChI is InChI=1S/C21H21N3O2/c1-3-15-8-4-5-11-18(15)23-20(25)16-9-6-10-17(14-16)22-21(26)19-12-7-13-24(19)2/h4-14H,3H2,1-2H3,(H,22,26)(H,23,25). The van der Waals surface area contributed by atoms with Gasteiger partial charge < -0.3 is 15.2 Å². The maximum absolute atomic E-state index is 12.6. The first-order chi connectivity index (χ1) is 12.6. The zero-order valence-electron chi connectivity index (χ0n) is 14.8. The first-order valence-electron chi connectivity index (χ1n) is 8.50. The molecule has 1 aromatic heterocycles. The first kappa shape index (κ1) is 17.5. The highest BCUT2D eigenvalue weighted by Gasteiger charge is 2.12. The Balaban J connectivity index is 1.75. The van der Waals surface area contributed by atoms with Crippen LogP contribution in [0, 0.1) is 0 Å². The van der Waals surface area contributed by atoms with Crippen molar-refractivity contribution in [3.05, 3.63) is 83.7 Å². The zero-order valence-corrected chi connectivity index (χ0v) is 14.8. The normalized spacial score (nSPS) is 10.4. The molecule has 2 N–H and O–H groups in total. The van der Waals surface area contributed by atoms with Crippen molar-refractivity contribution < 1.29 is 9.59 Å². The first-order valence-corrected chi connectivity index (χ1v) is 8.50. The number of benzene rings is 2. The lowest BCUT2D eigenvalue weighted by molar-refractivity contribution is 0.101. The van der Waals surface area contributed by atoms with E-state index in [4.69, 9.17) is 0 Å². The third-order valence-corrected chi connectivity index (χ3v) is 4.21. The summed E-state index contributed by atoms with van der Waals surface area (Å²) in [5.41, 5.74) is 3.50. The molecule has 3 aromatic rings. The third-order valence-electron chi connectivity index (χ3n) is 4.21. The highest BCUT2D eigenvalue weighted by molar-refractivity contribution is 6.07. The molecule has 0 fully saturated rings. The number of nitrogens with one attached hydrogen (secondary N) is 2. The van der Waals surface area contributed by atoms with Gasteiger partial charge in [0.2, 0.25) is 0 Å². The van der Waals surface area contributed by atoms with Gasteiger partial charge in [0.25, 0.3) is 11.8 Å². The summed E-state index contributed by atoms with van der Waals surface area (Å²) >= 11 is 0. The van der Waals surface area contributed by atoms with Crippen LogP contribution in [0.4, 0.5) is 11.4 Å². The van der Waals surface area contributed by atoms with E-state index in [-0.39, 0.29) is 11.8 Å². The van der Waals surface area contributed by atoms with Crippen molar-refractivity contribution in [2.75, 3.05) is 10.6 Å². The Kier molecular flexibility index (Phi) is 5.17. The molecule has 5 heteroatoms. The summed E-state index contributed by atoms with van der Waals surface area (Å²) in [7, 11) is 1.81. The van der Waals surface area contributed by atoms with Gasteiger partial charge in [0.15, 0.2) is 0 Å². The molecular formula is C21H21N3O2. The van der Waals surface area contributed by atoms with E-state index in [1.54, 1.807) is 34.9 Å². The predicted molar refractivity (Wildman–Crippen MR) is 104 cm³/mol. The van der Waals surface area contributed by atoms with Crippen LogP contribution in [0.2, 0.25) is 0 Å². The number of anilines is 2. The molecule has 0 bridgehead atoms. The molecule has 3 rings (SSSR count). The van der Waals surface area contributed by atoms with Crippen molar-refractivity contribution in [2.45, 2.75) is 13.3 Å². The summed E-state index contributed by atoms with van der Waals surface area (Å²) in [6, 6.07) is 18.2. The fourth-order valence-corrected chi connectivity index (χ4v) is 2.78. The monoisotopic (exact) mass is 347 g/mol. The van der Waals surface area contributed by atoms with Gasteiger partial charge in [-0.3, -0.25) is 9.59 Å². The second-order valence-corrected chi connectivity index (χ2v) is 6.00. The summed E-state index contributed by atoms with van der Waals surface area (Å²) < 4.78 is 1.74. The van der Waals surface area contributed by atoms with Gasteiger partial charge in [0, 0.05) is 30.2 Å². The quantitative estimate of drug-likeness (QED) is 0.730. The lowest BCUT2D eigenvalue weighted by Gasteiger charge is -2.11. The van der Waals surface area contributed by atoms with Crippen molar-refractivity contribution in [1.82, 2.24) is 4.57 Å². The van der Waals surface area contributed by atoms with Crippen LogP contribution in [-0.4, -0.2) is 16.4 Å². The number of aromatic nitrogens is 1. The molecule has 2 aromatic carbocycles. The summed E-state index contributed by atoms with van der Waals surface area (Å²) in [4.78, 5) is 24.9. The van der Waals surface area contributed by atoms with E-state index in [0.717, 1.165) is 17.7 Å². The van der Waals surface area contributed by atoms with Crippen LogP contribution in [0.15, 0.2) is 66.9 Å². The molecule has 0 aliphatic heterocycles. The van der Waals surface area contributed by atoms with E-state index in [1.807, 2.05) is 50.5 Å². The molecule has 2 amide bonds. The molecule has 132 valence electrons. The van der Waals surface area contributed by atoms with E-state index in [0.29, 0.717) is 16.9 Å². The minimum atomic E-state index is -0.216. The number of hydrogen-bond donors (Lipinski definition) is 2. The van der Waals surface area contributed by atoms with Gasteiger partial charge in [-0.1, -0.05) is 31.2 Å². The van der Waals surface area contributed by atoms with E-state index in [1.165, 1.54) is 0 Å². The van der Waals surface area contributed by atoms with Crippen LogP contribution >= 0.6 is 0 Å². The molecule has 0 saturated heterocycles. The molecule has 0 radical (unpaired) electrons. The van der Waals surface area contributed by atoms with Crippen LogP contribution in [0.3, 0.4) is 0 Å². The number of carbonyl (C=O) groups excluding carboxylic acids is 2. The lowest BCUT2D eigenvalue weighted by atomic mass is 10.1. The Morgan fingerprint density at radius 3 is 2.46 bits per heavy atom. The minimum absolute atomic E-state index is 0.208. The zero-order chi connectivity index (χ0) is 18.5. The van der Waals surface area contributed by atoms with E-state index >= 15 is 0 Å². The van der Waals surface area contributed by atoms with E-state index in [9.17, 15) is 9.59 Å². The highest BCUT2D eigenvalue weighted by Crippen LogP contribution is 2.18. The molecule has 0 saturated carbocycles. The van der Waals surface area contributed by atoms with Crippen LogP contribution in [0.25, 0.3) is 0 Å². The Morgan fingerprint density at radius 1 is 0.923 bits per heavy atom. The van der Waals surface area contributed by atoms with Gasteiger partial charge >= 0.3 is 0 Å². The maximum Gasteiger partial charge on any atom is 0.272 e. The van der Waals surface area contributed by atoms with Gasteiger partial charge in [-0.05, 0) is 48.4 Å². The molecule has 0 aliphatic rings. The topological polar surface area (TPSA) is 63.1 Å². The number of aryl methyl sites for hydroxylation is 2. The van der Waals surface area contributed by atoms with E-state index in [2.05, 4.69) is 10.6 Å². The average molecular weight is 347 g/mol. The smallest absolute Gasteiger partial charge is 0.272 e. The molecule has 1 heterocycles. The molecule has 0 aliphatic carbocycles. The summed E-state index contributed by atoms with van der Waals surface area (Å²) in [5, 5.41) is 5.77. The van der Waals surface area contributed by atoms with Gasteiger partial charge in [0.05, 0.1) is 0 Å². The van der Waals surface area contributed by atoms with Gasteiger partial charge in [-0.15, -0.1) is 0 Å². The molecular weight excluding hydrogens is 326 g/mol. The fraction of sp³-hybridized carbons (Fsp3) is 0.143. The second kappa shape index (κ2) is 7.70. The Labute approximate surface area is 152 Å². The predicted octanol–water partition coefficient (Wildman–Crippen LogP) is 4.09. The van der Waals surface area contributed by atoms with Gasteiger partial charge in [-0.2, -0.15) is 0 Å². The number of rotatable bonds is 5. The number of para-hydroxylation sites is 1. The Hall–Kier alpha value is -3.34. The van der Waals surface area contributed by atoms with Crippen LogP contribution < -0.4 is 10.6 Å². The van der Waals surface area contributed by atoms with Crippen molar-refractivity contribution in [1.29, 1.82) is 0 Å². The number of carbonyl (C=O) groups is 2. The van der Waals surface area contributed by atoms with Crippen molar-refractivity contribution in [3.63, 3.8) is 0 Å². The largest absolute Gasteiger partial charge is 0.347 e. The summed E-state index contributed by atoms with van der Waals surface area (Å²) in [6.45, 7) is 2.05. The van der Waals surface area contributed by atoms with Gasteiger partial charge in [0.1, 0.15) is 5.69 Å². The van der Waals surface area contributed by atoms with E-state index < -0.39 is 0 Å². The average Bonchev–Trinajstić information content (AvgIpc) is 3.08. The molecule has 5 nitrogen and oxygen atoms in total. The molecule has 0 atom stereocenters. The fourth-order valence-electron chi connectivity index (χ4n) is 2.78. The number of nitrogens with zero attached hydrogens (tertiary/aromatic N) is 1. The summed E-state index contributed by atoms with van der Waals surface area (Å²) in [5.74, 6) is -0.424. The number of hydrogen-bond acceptors (Lipinski definition) is 2. The van der Waals surface area contributed by atoms with Gasteiger partial charge in [-0.25, -0.2) is 0 Å². The minimum Gasteiger partial charge on any atom is -0.347 e. The van der Waals surface area contributed by atoms with Crippen LogP contribution in [0.5, 0.6) is 0 Å². The van der Waals surface area contributed by atoms with Crippen molar-refractivity contribution in [3.8, 4) is 0 Å². The third kappa shape index (κ3) is 3.83. The van der Waals surface area contributed by atoms with Crippen molar-refractivity contribution in [2.24, 2.45) is 7.05 Å². The summed E-state index contributed by atoms with van der Waals surface area (Å²) in [6.07, 6.45) is 2.65.